The number of hydrogen-bond acceptors (Lipinski definition) is 4. The minimum Gasteiger partial charge on any atom is -0.494 e. The van der Waals surface area contributed by atoms with Gasteiger partial charge in [-0.2, -0.15) is 0 Å². The van der Waals surface area contributed by atoms with Gasteiger partial charge in [-0.25, -0.2) is 4.39 Å². The Hall–Kier alpha value is -2.73. The zero-order valence-corrected chi connectivity index (χ0v) is 21.8. The quantitative estimate of drug-likeness (QED) is 0.362. The molecule has 3 fully saturated rings. The number of carbonyl (C=O) groups excluding carboxylic acids is 2. The number of carbonyl (C=O) groups is 2. The van der Waals surface area contributed by atoms with E-state index in [2.05, 4.69) is 25.1 Å². The number of rotatable bonds is 7. The van der Waals surface area contributed by atoms with Crippen molar-refractivity contribution in [3.8, 4) is 5.75 Å². The number of nitrogens with zero attached hydrogens (tertiary/aromatic N) is 1. The van der Waals surface area contributed by atoms with Crippen LogP contribution in [0.1, 0.15) is 74.1 Å². The maximum atomic E-state index is 13.8. The van der Waals surface area contributed by atoms with E-state index in [0.717, 1.165) is 49.8 Å². The largest absolute Gasteiger partial charge is 0.494 e. The second kappa shape index (κ2) is 9.54. The number of methoxy groups -OCH3 is 1. The van der Waals surface area contributed by atoms with Gasteiger partial charge in [0.25, 0.3) is 5.91 Å². The fourth-order valence-corrected chi connectivity index (χ4v) is 7.89. The molecule has 6 heteroatoms. The molecule has 2 aromatic carbocycles. The average molecular weight is 506 g/mol. The standard InChI is InChI=1S/C31H36FNO4/c1-31-14-13-24-23-10-8-22(18-19(23)7-9-25(24)26(31)11-12-27(31)34)37-16-4-15-33-28(29(36-2)30(33)35)20-5-3-6-21(32)17-20/h3,5-6,8,10,17-18,24-26,28-29H,4,7,9,11-16H2,1-2H3/t24-,25-,26+,28+,29-,31+/m1/s1. The highest BCUT2D eigenvalue weighted by molar-refractivity contribution is 5.89. The Bertz CT molecular complexity index is 1210. The SMILES string of the molecule is CO[C@H]1C(=O)N(CCCOc2ccc3c(c2)CC[C@@H]2[C@@H]3CC[C@]3(C)C(=O)CC[C@@H]23)[C@H]1c1cccc(F)c1. The summed E-state index contributed by atoms with van der Waals surface area (Å²) in [5, 5.41) is 0. The van der Waals surface area contributed by atoms with Crippen molar-refractivity contribution in [2.75, 3.05) is 20.3 Å². The summed E-state index contributed by atoms with van der Waals surface area (Å²) in [6, 6.07) is 12.7. The predicted octanol–water partition coefficient (Wildman–Crippen LogP) is 5.62. The van der Waals surface area contributed by atoms with Crippen LogP contribution in [-0.4, -0.2) is 43.0 Å². The molecule has 0 radical (unpaired) electrons. The van der Waals surface area contributed by atoms with Crippen molar-refractivity contribution in [1.82, 2.24) is 4.90 Å². The molecule has 3 aliphatic carbocycles. The summed E-state index contributed by atoms with van der Waals surface area (Å²) in [5.41, 5.74) is 3.51. The first-order valence-electron chi connectivity index (χ1n) is 13.8. The lowest BCUT2D eigenvalue weighted by Crippen LogP contribution is -2.59. The van der Waals surface area contributed by atoms with Crippen LogP contribution in [0.3, 0.4) is 0 Å². The highest BCUT2D eigenvalue weighted by Gasteiger charge is 2.54. The van der Waals surface area contributed by atoms with Crippen LogP contribution in [0.5, 0.6) is 5.75 Å². The number of benzene rings is 2. The normalized spacial score (nSPS) is 32.4. The van der Waals surface area contributed by atoms with Gasteiger partial charge in [0.05, 0.1) is 12.6 Å². The van der Waals surface area contributed by atoms with Crippen molar-refractivity contribution in [3.05, 3.63) is 65.0 Å². The molecule has 1 saturated heterocycles. The second-order valence-corrected chi connectivity index (χ2v) is 11.6. The molecule has 0 N–H and O–H groups in total. The summed E-state index contributed by atoms with van der Waals surface area (Å²) < 4.78 is 25.2. The highest BCUT2D eigenvalue weighted by Crippen LogP contribution is 2.59. The van der Waals surface area contributed by atoms with Crippen LogP contribution in [0, 0.1) is 23.1 Å². The van der Waals surface area contributed by atoms with Crippen molar-refractivity contribution in [2.45, 2.75) is 69.9 Å². The van der Waals surface area contributed by atoms with Gasteiger partial charge < -0.3 is 14.4 Å². The van der Waals surface area contributed by atoms with Gasteiger partial charge in [0, 0.05) is 25.5 Å². The van der Waals surface area contributed by atoms with Gasteiger partial charge in [0.1, 0.15) is 17.3 Å². The Morgan fingerprint density at radius 2 is 1.95 bits per heavy atom. The first-order valence-corrected chi connectivity index (χ1v) is 13.8. The van der Waals surface area contributed by atoms with Crippen molar-refractivity contribution < 1.29 is 23.5 Å². The molecule has 5 nitrogen and oxygen atoms in total. The lowest BCUT2D eigenvalue weighted by molar-refractivity contribution is -0.171. The zero-order chi connectivity index (χ0) is 25.7. The van der Waals surface area contributed by atoms with E-state index in [1.54, 1.807) is 11.0 Å². The number of amides is 1. The minimum absolute atomic E-state index is 0.0624. The maximum Gasteiger partial charge on any atom is 0.254 e. The van der Waals surface area contributed by atoms with E-state index in [1.165, 1.54) is 30.4 Å². The predicted molar refractivity (Wildman–Crippen MR) is 138 cm³/mol. The van der Waals surface area contributed by atoms with Crippen LogP contribution in [0.4, 0.5) is 4.39 Å². The molecule has 6 rings (SSSR count). The Labute approximate surface area is 218 Å². The van der Waals surface area contributed by atoms with E-state index < -0.39 is 6.10 Å². The van der Waals surface area contributed by atoms with Gasteiger partial charge in [-0.15, -0.1) is 0 Å². The fourth-order valence-electron chi connectivity index (χ4n) is 7.89. The fraction of sp³-hybridized carbons (Fsp3) is 0.548. The zero-order valence-electron chi connectivity index (χ0n) is 21.8. The molecular weight excluding hydrogens is 469 g/mol. The Morgan fingerprint density at radius 3 is 2.76 bits per heavy atom. The molecule has 2 aromatic rings. The summed E-state index contributed by atoms with van der Waals surface area (Å²) in [6.45, 7) is 3.26. The van der Waals surface area contributed by atoms with Gasteiger partial charge in [-0.3, -0.25) is 9.59 Å². The topological polar surface area (TPSA) is 55.8 Å². The van der Waals surface area contributed by atoms with Crippen molar-refractivity contribution in [2.24, 2.45) is 17.3 Å². The van der Waals surface area contributed by atoms with Crippen LogP contribution < -0.4 is 4.74 Å². The molecule has 1 amide bonds. The summed E-state index contributed by atoms with van der Waals surface area (Å²) in [7, 11) is 1.52. The second-order valence-electron chi connectivity index (χ2n) is 11.6. The van der Waals surface area contributed by atoms with Gasteiger partial charge in [0.2, 0.25) is 0 Å². The lowest BCUT2D eigenvalue weighted by atomic mass is 9.55. The third-order valence-corrected chi connectivity index (χ3v) is 9.81. The highest BCUT2D eigenvalue weighted by atomic mass is 19.1. The molecule has 4 aliphatic rings. The Balaban J connectivity index is 1.06. The molecule has 37 heavy (non-hydrogen) atoms. The third-order valence-electron chi connectivity index (χ3n) is 9.81. The number of β-lactam (4-membered cyclic amide) rings is 1. The van der Waals surface area contributed by atoms with E-state index in [0.29, 0.717) is 43.1 Å². The van der Waals surface area contributed by atoms with E-state index in [4.69, 9.17) is 9.47 Å². The molecule has 1 heterocycles. The van der Waals surface area contributed by atoms with Gasteiger partial charge in [-0.05, 0) is 97.2 Å². The molecule has 2 saturated carbocycles. The number of halogens is 1. The van der Waals surface area contributed by atoms with Crippen LogP contribution in [0.25, 0.3) is 0 Å². The van der Waals surface area contributed by atoms with E-state index >= 15 is 0 Å². The van der Waals surface area contributed by atoms with Crippen molar-refractivity contribution in [1.29, 1.82) is 0 Å². The number of fused-ring (bicyclic) bond motifs is 5. The molecule has 0 bridgehead atoms. The Kier molecular flexibility index (Phi) is 6.34. The van der Waals surface area contributed by atoms with Crippen LogP contribution in [0.15, 0.2) is 42.5 Å². The summed E-state index contributed by atoms with van der Waals surface area (Å²) in [6.07, 6.45) is 6.29. The van der Waals surface area contributed by atoms with E-state index in [-0.39, 0.29) is 23.2 Å². The summed E-state index contributed by atoms with van der Waals surface area (Å²) in [4.78, 5) is 26.9. The van der Waals surface area contributed by atoms with Crippen molar-refractivity contribution >= 4 is 11.7 Å². The van der Waals surface area contributed by atoms with Crippen LogP contribution in [-0.2, 0) is 20.7 Å². The Morgan fingerprint density at radius 1 is 1.08 bits per heavy atom. The van der Waals surface area contributed by atoms with Crippen LogP contribution >= 0.6 is 0 Å². The summed E-state index contributed by atoms with van der Waals surface area (Å²) >= 11 is 0. The first kappa shape index (κ1) is 24.6. The molecule has 196 valence electrons. The molecular formula is C31H36FNO4. The number of aryl methyl sites for hydroxylation is 1. The van der Waals surface area contributed by atoms with Gasteiger partial charge in [0.15, 0.2) is 6.10 Å². The summed E-state index contributed by atoms with van der Waals surface area (Å²) in [5.74, 6) is 2.72. The minimum atomic E-state index is -0.563. The molecule has 0 spiro atoms. The number of ether oxygens (including phenoxy) is 2. The maximum absolute atomic E-state index is 13.8. The number of likely N-dealkylation sites (tertiary alicyclic amines) is 1. The first-order chi connectivity index (χ1) is 17.9. The van der Waals surface area contributed by atoms with Crippen LogP contribution in [0.2, 0.25) is 0 Å². The third kappa shape index (κ3) is 4.08. The monoisotopic (exact) mass is 505 g/mol. The number of Topliss-reactive ketones (excluding diaryl/α,β-unsaturated/α-hetero) is 1. The molecule has 0 aromatic heterocycles. The van der Waals surface area contributed by atoms with Gasteiger partial charge in [-0.1, -0.05) is 25.1 Å². The lowest BCUT2D eigenvalue weighted by Gasteiger charge is -2.48. The smallest absolute Gasteiger partial charge is 0.254 e. The molecule has 6 atom stereocenters. The number of ketones is 1. The molecule has 0 unspecified atom stereocenters. The molecule has 1 aliphatic heterocycles. The van der Waals surface area contributed by atoms with E-state index in [9.17, 15) is 14.0 Å². The van der Waals surface area contributed by atoms with Crippen molar-refractivity contribution in [3.63, 3.8) is 0 Å². The average Bonchev–Trinajstić information content (AvgIpc) is 3.20. The van der Waals surface area contributed by atoms with Gasteiger partial charge >= 0.3 is 0 Å². The number of hydrogen-bond donors (Lipinski definition) is 0. The van der Waals surface area contributed by atoms with E-state index in [1.807, 2.05) is 6.07 Å².